The molecule has 0 atom stereocenters. The summed E-state index contributed by atoms with van der Waals surface area (Å²) in [5.41, 5.74) is 0.296. The van der Waals surface area contributed by atoms with Gasteiger partial charge in [-0.15, -0.1) is 11.3 Å². The zero-order valence-corrected chi connectivity index (χ0v) is 12.2. The number of imide groups is 1. The summed E-state index contributed by atoms with van der Waals surface area (Å²) in [7, 11) is 2.72. The van der Waals surface area contributed by atoms with Gasteiger partial charge in [-0.2, -0.15) is 0 Å². The largest absolute Gasteiger partial charge is 0.465 e. The first-order valence-corrected chi connectivity index (χ1v) is 6.83. The van der Waals surface area contributed by atoms with Crippen molar-refractivity contribution in [1.29, 1.82) is 0 Å². The summed E-state index contributed by atoms with van der Waals surface area (Å²) in [6.45, 7) is -0.434. The highest BCUT2D eigenvalue weighted by atomic mass is 32.1. The Bertz CT molecular complexity index is 612. The SMILES string of the molecule is COC(=O)c1sccc1NC(=O)CN1C(=O)CN(C)C1=O. The molecule has 8 nitrogen and oxygen atoms in total. The highest BCUT2D eigenvalue weighted by Crippen LogP contribution is 2.23. The Morgan fingerprint density at radius 2 is 2.14 bits per heavy atom. The van der Waals surface area contributed by atoms with Gasteiger partial charge in [0, 0.05) is 7.05 Å². The molecule has 1 aliphatic heterocycles. The number of thiophene rings is 1. The number of amides is 4. The van der Waals surface area contributed by atoms with E-state index in [9.17, 15) is 19.2 Å². The molecule has 0 aliphatic carbocycles. The van der Waals surface area contributed by atoms with Crippen LogP contribution in [0.5, 0.6) is 0 Å². The second-order valence-corrected chi connectivity index (χ2v) is 5.24. The van der Waals surface area contributed by atoms with Crippen molar-refractivity contribution in [1.82, 2.24) is 9.80 Å². The predicted octanol–water partition coefficient (Wildman–Crippen LogP) is 0.367. The number of carbonyl (C=O) groups is 4. The molecule has 4 amide bonds. The molecule has 0 aromatic carbocycles. The number of nitrogens with one attached hydrogen (secondary N) is 1. The van der Waals surface area contributed by atoms with Gasteiger partial charge in [-0.05, 0) is 11.4 Å². The fraction of sp³-hybridized carbons (Fsp3) is 0.333. The molecule has 9 heteroatoms. The van der Waals surface area contributed by atoms with Crippen LogP contribution in [0.15, 0.2) is 11.4 Å². The molecule has 0 bridgehead atoms. The van der Waals surface area contributed by atoms with E-state index in [1.54, 1.807) is 11.4 Å². The number of carbonyl (C=O) groups excluding carboxylic acids is 4. The maximum absolute atomic E-state index is 11.9. The maximum Gasteiger partial charge on any atom is 0.350 e. The molecule has 1 N–H and O–H groups in total. The number of ether oxygens (including phenoxy) is 1. The highest BCUT2D eigenvalue weighted by Gasteiger charge is 2.34. The second-order valence-electron chi connectivity index (χ2n) is 4.32. The molecule has 1 aromatic rings. The molecule has 0 saturated carbocycles. The third kappa shape index (κ3) is 3.02. The van der Waals surface area contributed by atoms with Crippen molar-refractivity contribution in [2.75, 3.05) is 32.6 Å². The summed E-state index contributed by atoms with van der Waals surface area (Å²) in [6.07, 6.45) is 0. The average Bonchev–Trinajstić information content (AvgIpc) is 2.98. The van der Waals surface area contributed by atoms with Crippen LogP contribution in [0.2, 0.25) is 0 Å². The van der Waals surface area contributed by atoms with Crippen molar-refractivity contribution in [2.45, 2.75) is 0 Å². The number of likely N-dealkylation sites (N-methyl/N-ethyl adjacent to an activating group) is 1. The molecule has 1 fully saturated rings. The van der Waals surface area contributed by atoms with E-state index in [2.05, 4.69) is 10.1 Å². The van der Waals surface area contributed by atoms with E-state index in [1.807, 2.05) is 0 Å². The van der Waals surface area contributed by atoms with Gasteiger partial charge in [0.25, 0.3) is 5.91 Å². The van der Waals surface area contributed by atoms with Crippen molar-refractivity contribution in [3.63, 3.8) is 0 Å². The van der Waals surface area contributed by atoms with E-state index in [0.717, 1.165) is 16.2 Å². The minimum Gasteiger partial charge on any atom is -0.465 e. The first-order chi connectivity index (χ1) is 9.93. The van der Waals surface area contributed by atoms with Crippen LogP contribution < -0.4 is 5.32 Å². The molecular formula is C12H13N3O5S. The Morgan fingerprint density at radius 3 is 2.71 bits per heavy atom. The average molecular weight is 311 g/mol. The number of urea groups is 1. The van der Waals surface area contributed by atoms with Crippen molar-refractivity contribution in [2.24, 2.45) is 0 Å². The summed E-state index contributed by atoms with van der Waals surface area (Å²) >= 11 is 1.12. The van der Waals surface area contributed by atoms with Crippen molar-refractivity contribution in [3.8, 4) is 0 Å². The van der Waals surface area contributed by atoms with E-state index in [1.165, 1.54) is 19.1 Å². The minimum absolute atomic E-state index is 0.0437. The van der Waals surface area contributed by atoms with Gasteiger partial charge in [-0.25, -0.2) is 9.59 Å². The number of esters is 1. The summed E-state index contributed by atoms with van der Waals surface area (Å²) in [4.78, 5) is 48.9. The maximum atomic E-state index is 11.9. The first-order valence-electron chi connectivity index (χ1n) is 5.95. The van der Waals surface area contributed by atoms with E-state index < -0.39 is 30.4 Å². The van der Waals surface area contributed by atoms with Crippen LogP contribution in [0.25, 0.3) is 0 Å². The molecule has 2 heterocycles. The molecule has 0 spiro atoms. The Morgan fingerprint density at radius 1 is 1.43 bits per heavy atom. The van der Waals surface area contributed by atoms with Gasteiger partial charge >= 0.3 is 12.0 Å². The number of methoxy groups -OCH3 is 1. The monoisotopic (exact) mass is 311 g/mol. The lowest BCUT2D eigenvalue weighted by molar-refractivity contribution is -0.129. The number of rotatable bonds is 4. The zero-order chi connectivity index (χ0) is 15.6. The Balaban J connectivity index is 2.03. The van der Waals surface area contributed by atoms with Gasteiger partial charge in [-0.1, -0.05) is 0 Å². The normalized spacial score (nSPS) is 14.6. The fourth-order valence-electron chi connectivity index (χ4n) is 1.82. The van der Waals surface area contributed by atoms with Gasteiger partial charge in [-0.3, -0.25) is 14.5 Å². The number of hydrogen-bond acceptors (Lipinski definition) is 6. The van der Waals surface area contributed by atoms with E-state index in [0.29, 0.717) is 5.69 Å². The fourth-order valence-corrected chi connectivity index (χ4v) is 2.58. The molecule has 1 aliphatic rings. The summed E-state index contributed by atoms with van der Waals surface area (Å²) in [5.74, 6) is -1.56. The lowest BCUT2D eigenvalue weighted by atomic mass is 10.3. The summed E-state index contributed by atoms with van der Waals surface area (Å²) in [6, 6.07) is 1.03. The second kappa shape index (κ2) is 5.92. The Hall–Kier alpha value is -2.42. The molecule has 0 radical (unpaired) electrons. The van der Waals surface area contributed by atoms with Crippen molar-refractivity contribution in [3.05, 3.63) is 16.3 Å². The van der Waals surface area contributed by atoms with E-state index >= 15 is 0 Å². The van der Waals surface area contributed by atoms with Crippen LogP contribution in [0.4, 0.5) is 10.5 Å². The highest BCUT2D eigenvalue weighted by molar-refractivity contribution is 7.12. The number of hydrogen-bond donors (Lipinski definition) is 1. The lowest BCUT2D eigenvalue weighted by Gasteiger charge is -2.13. The van der Waals surface area contributed by atoms with E-state index in [4.69, 9.17) is 0 Å². The molecule has 112 valence electrons. The zero-order valence-electron chi connectivity index (χ0n) is 11.4. The third-order valence-corrected chi connectivity index (χ3v) is 3.74. The summed E-state index contributed by atoms with van der Waals surface area (Å²) in [5, 5.41) is 4.12. The molecule has 21 heavy (non-hydrogen) atoms. The lowest BCUT2D eigenvalue weighted by Crippen LogP contribution is -2.38. The standard InChI is InChI=1S/C12H13N3O5S/c1-14-6-9(17)15(12(14)19)5-8(16)13-7-3-4-21-10(7)11(18)20-2/h3-4H,5-6H2,1-2H3,(H,13,16). The molecular weight excluding hydrogens is 298 g/mol. The van der Waals surface area contributed by atoms with Crippen LogP contribution in [-0.4, -0.2) is 60.9 Å². The quantitative estimate of drug-likeness (QED) is 0.640. The van der Waals surface area contributed by atoms with Crippen molar-refractivity contribution < 1.29 is 23.9 Å². The Labute approximate surface area is 124 Å². The van der Waals surface area contributed by atoms with Crippen LogP contribution in [0.3, 0.4) is 0 Å². The van der Waals surface area contributed by atoms with Gasteiger partial charge in [0.15, 0.2) is 0 Å². The van der Waals surface area contributed by atoms with Crippen molar-refractivity contribution >= 4 is 40.8 Å². The van der Waals surface area contributed by atoms with Gasteiger partial charge in [0.2, 0.25) is 5.91 Å². The smallest absolute Gasteiger partial charge is 0.350 e. The van der Waals surface area contributed by atoms with Crippen LogP contribution in [0.1, 0.15) is 9.67 Å². The predicted molar refractivity (Wildman–Crippen MR) is 74.0 cm³/mol. The third-order valence-electron chi connectivity index (χ3n) is 2.84. The van der Waals surface area contributed by atoms with Gasteiger partial charge in [0.1, 0.15) is 18.0 Å². The van der Waals surface area contributed by atoms with Crippen LogP contribution in [-0.2, 0) is 14.3 Å². The molecule has 2 rings (SSSR count). The number of anilines is 1. The molecule has 1 aromatic heterocycles. The molecule has 1 saturated heterocycles. The molecule has 0 unspecified atom stereocenters. The van der Waals surface area contributed by atoms with Gasteiger partial charge in [0.05, 0.1) is 12.8 Å². The topological polar surface area (TPSA) is 96.0 Å². The van der Waals surface area contributed by atoms with E-state index in [-0.39, 0.29) is 11.4 Å². The van der Waals surface area contributed by atoms with Crippen LogP contribution >= 0.6 is 11.3 Å². The van der Waals surface area contributed by atoms with Gasteiger partial charge < -0.3 is 15.0 Å². The first kappa shape index (κ1) is 15.0. The number of nitrogens with zero attached hydrogens (tertiary/aromatic N) is 2. The van der Waals surface area contributed by atoms with Crippen LogP contribution in [0, 0.1) is 0 Å². The minimum atomic E-state index is -0.562. The Kier molecular flexibility index (Phi) is 4.22. The summed E-state index contributed by atoms with van der Waals surface area (Å²) < 4.78 is 4.59.